The quantitative estimate of drug-likeness (QED) is 0.461. The van der Waals surface area contributed by atoms with Crippen LogP contribution in [0.15, 0.2) is 52.4 Å². The number of thioether (sulfide) groups is 1. The van der Waals surface area contributed by atoms with Crippen LogP contribution in [-0.4, -0.2) is 45.8 Å². The number of methoxy groups -OCH3 is 1. The van der Waals surface area contributed by atoms with Crippen LogP contribution in [0.5, 0.6) is 5.75 Å². The maximum absolute atomic E-state index is 13.5. The number of para-hydroxylation sites is 1. The molecule has 0 N–H and O–H groups in total. The third kappa shape index (κ3) is 3.81. The Bertz CT molecular complexity index is 1150. The lowest BCUT2D eigenvalue weighted by Crippen LogP contribution is -2.34. The van der Waals surface area contributed by atoms with Crippen molar-refractivity contribution in [2.45, 2.75) is 37.1 Å². The van der Waals surface area contributed by atoms with Crippen LogP contribution in [0.4, 0.5) is 0 Å². The van der Waals surface area contributed by atoms with E-state index in [1.54, 1.807) is 17.7 Å². The summed E-state index contributed by atoms with van der Waals surface area (Å²) in [5.74, 6) is 0.669. The van der Waals surface area contributed by atoms with Crippen molar-refractivity contribution in [1.29, 1.82) is 0 Å². The molecule has 2 heterocycles. The maximum Gasteiger partial charge on any atom is 0.266 e. The zero-order chi connectivity index (χ0) is 21.3. The SMILES string of the molecule is COc1ccc(C)cc1-n1c(S[C@H](C)C(=O)N2CCCC2)nc2ccccc2c1=O. The van der Waals surface area contributed by atoms with Crippen molar-refractivity contribution in [3.63, 3.8) is 0 Å². The molecule has 1 saturated heterocycles. The Hall–Kier alpha value is -2.80. The van der Waals surface area contributed by atoms with Gasteiger partial charge in [-0.3, -0.25) is 14.2 Å². The van der Waals surface area contributed by atoms with E-state index in [1.165, 1.54) is 11.8 Å². The normalized spacial score (nSPS) is 14.8. The summed E-state index contributed by atoms with van der Waals surface area (Å²) in [4.78, 5) is 33.0. The molecule has 0 unspecified atom stereocenters. The lowest BCUT2D eigenvalue weighted by molar-refractivity contribution is -0.129. The fraction of sp³-hybridized carbons (Fsp3) is 0.348. The van der Waals surface area contributed by atoms with Gasteiger partial charge >= 0.3 is 0 Å². The number of carbonyl (C=O) groups is 1. The molecule has 1 aliphatic rings. The number of amides is 1. The monoisotopic (exact) mass is 423 g/mol. The number of rotatable bonds is 5. The molecule has 1 amide bonds. The Morgan fingerprint density at radius 1 is 1.17 bits per heavy atom. The van der Waals surface area contributed by atoms with Gasteiger partial charge in [-0.25, -0.2) is 4.98 Å². The molecule has 1 aliphatic heterocycles. The molecule has 0 bridgehead atoms. The van der Waals surface area contributed by atoms with Crippen LogP contribution in [-0.2, 0) is 4.79 Å². The molecule has 1 atom stereocenters. The molecule has 0 saturated carbocycles. The summed E-state index contributed by atoms with van der Waals surface area (Å²) < 4.78 is 7.11. The minimum atomic E-state index is -0.349. The number of aromatic nitrogens is 2. The van der Waals surface area contributed by atoms with E-state index in [-0.39, 0.29) is 16.7 Å². The maximum atomic E-state index is 13.5. The summed E-state index contributed by atoms with van der Waals surface area (Å²) in [6, 6.07) is 13.0. The van der Waals surface area contributed by atoms with Gasteiger partial charge in [0.25, 0.3) is 5.56 Å². The van der Waals surface area contributed by atoms with Crippen molar-refractivity contribution < 1.29 is 9.53 Å². The average Bonchev–Trinajstić information content (AvgIpc) is 3.28. The van der Waals surface area contributed by atoms with Crippen LogP contribution in [0.25, 0.3) is 16.6 Å². The van der Waals surface area contributed by atoms with Crippen LogP contribution in [0, 0.1) is 6.92 Å². The Kier molecular flexibility index (Phi) is 5.81. The van der Waals surface area contributed by atoms with E-state index in [0.717, 1.165) is 31.5 Å². The lowest BCUT2D eigenvalue weighted by atomic mass is 10.2. The zero-order valence-corrected chi connectivity index (χ0v) is 18.2. The summed E-state index contributed by atoms with van der Waals surface area (Å²) in [6.07, 6.45) is 2.09. The Morgan fingerprint density at radius 2 is 1.90 bits per heavy atom. The number of carbonyl (C=O) groups excluding carboxylic acids is 1. The highest BCUT2D eigenvalue weighted by Crippen LogP contribution is 2.30. The van der Waals surface area contributed by atoms with Crippen LogP contribution >= 0.6 is 11.8 Å². The molecule has 156 valence electrons. The second-order valence-corrected chi connectivity index (χ2v) is 8.83. The number of nitrogens with zero attached hydrogens (tertiary/aromatic N) is 3. The van der Waals surface area contributed by atoms with Crippen molar-refractivity contribution in [3.05, 3.63) is 58.4 Å². The predicted octanol–water partition coefficient (Wildman–Crippen LogP) is 3.81. The highest BCUT2D eigenvalue weighted by Gasteiger charge is 2.26. The molecule has 1 aromatic heterocycles. The van der Waals surface area contributed by atoms with Gasteiger partial charge in [0.15, 0.2) is 5.16 Å². The number of aryl methyl sites for hydroxylation is 1. The van der Waals surface area contributed by atoms with Gasteiger partial charge in [-0.15, -0.1) is 0 Å². The number of hydrogen-bond donors (Lipinski definition) is 0. The molecule has 0 radical (unpaired) electrons. The van der Waals surface area contributed by atoms with E-state index in [2.05, 4.69) is 0 Å². The molecular formula is C23H25N3O3S. The van der Waals surface area contributed by atoms with E-state index in [4.69, 9.17) is 9.72 Å². The molecule has 30 heavy (non-hydrogen) atoms. The highest BCUT2D eigenvalue weighted by atomic mass is 32.2. The summed E-state index contributed by atoms with van der Waals surface area (Å²) in [5, 5.41) is 0.671. The molecule has 0 aliphatic carbocycles. The zero-order valence-electron chi connectivity index (χ0n) is 17.4. The summed E-state index contributed by atoms with van der Waals surface area (Å²) in [7, 11) is 1.58. The molecule has 2 aromatic carbocycles. The van der Waals surface area contributed by atoms with E-state index in [1.807, 2.05) is 55.1 Å². The molecule has 7 heteroatoms. The minimum Gasteiger partial charge on any atom is -0.495 e. The largest absolute Gasteiger partial charge is 0.495 e. The molecule has 1 fully saturated rings. The summed E-state index contributed by atoms with van der Waals surface area (Å²) in [6.45, 7) is 5.44. The first kappa shape index (κ1) is 20.5. The van der Waals surface area contributed by atoms with Gasteiger partial charge in [-0.05, 0) is 56.5 Å². The Balaban J connectivity index is 1.86. The molecule has 4 rings (SSSR count). The third-order valence-electron chi connectivity index (χ3n) is 5.37. The van der Waals surface area contributed by atoms with Crippen molar-refractivity contribution in [2.75, 3.05) is 20.2 Å². The fourth-order valence-corrected chi connectivity index (χ4v) is 4.79. The first-order valence-corrected chi connectivity index (χ1v) is 11.0. The second kappa shape index (κ2) is 8.52. The molecule has 3 aromatic rings. The fourth-order valence-electron chi connectivity index (χ4n) is 3.78. The Labute approximate surface area is 179 Å². The number of hydrogen-bond acceptors (Lipinski definition) is 5. The topological polar surface area (TPSA) is 64.4 Å². The lowest BCUT2D eigenvalue weighted by Gasteiger charge is -2.21. The van der Waals surface area contributed by atoms with Gasteiger partial charge in [0.1, 0.15) is 5.75 Å². The minimum absolute atomic E-state index is 0.0858. The van der Waals surface area contributed by atoms with Gasteiger partial charge in [0.05, 0.1) is 29.0 Å². The van der Waals surface area contributed by atoms with Crippen molar-refractivity contribution in [3.8, 4) is 11.4 Å². The van der Waals surface area contributed by atoms with E-state index >= 15 is 0 Å². The van der Waals surface area contributed by atoms with Crippen molar-refractivity contribution in [2.24, 2.45) is 0 Å². The average molecular weight is 424 g/mol. The van der Waals surface area contributed by atoms with Crippen LogP contribution in [0.2, 0.25) is 0 Å². The number of likely N-dealkylation sites (tertiary alicyclic amines) is 1. The molecular weight excluding hydrogens is 398 g/mol. The van der Waals surface area contributed by atoms with Gasteiger partial charge in [0.2, 0.25) is 5.91 Å². The van der Waals surface area contributed by atoms with Crippen molar-refractivity contribution in [1.82, 2.24) is 14.5 Å². The van der Waals surface area contributed by atoms with Crippen LogP contribution in [0.3, 0.4) is 0 Å². The first-order chi connectivity index (χ1) is 14.5. The summed E-state index contributed by atoms with van der Waals surface area (Å²) >= 11 is 1.32. The standard InChI is InChI=1S/C23H25N3O3S/c1-15-10-11-20(29-3)19(14-15)26-22(28)17-8-4-5-9-18(17)24-23(26)30-16(2)21(27)25-12-6-7-13-25/h4-5,8-11,14,16H,6-7,12-13H2,1-3H3/t16-/m1/s1. The van der Waals surface area contributed by atoms with Gasteiger partial charge in [0, 0.05) is 13.1 Å². The Morgan fingerprint density at radius 3 is 2.63 bits per heavy atom. The number of benzene rings is 2. The van der Waals surface area contributed by atoms with E-state index in [9.17, 15) is 9.59 Å². The van der Waals surface area contributed by atoms with E-state index < -0.39 is 0 Å². The third-order valence-corrected chi connectivity index (χ3v) is 6.41. The van der Waals surface area contributed by atoms with Gasteiger partial charge in [-0.2, -0.15) is 0 Å². The van der Waals surface area contributed by atoms with Gasteiger partial charge < -0.3 is 9.64 Å². The number of ether oxygens (including phenoxy) is 1. The van der Waals surface area contributed by atoms with Crippen molar-refractivity contribution >= 4 is 28.6 Å². The van der Waals surface area contributed by atoms with Gasteiger partial charge in [-0.1, -0.05) is 30.0 Å². The van der Waals surface area contributed by atoms with Crippen LogP contribution < -0.4 is 10.3 Å². The second-order valence-electron chi connectivity index (χ2n) is 7.52. The summed E-state index contributed by atoms with van der Waals surface area (Å²) in [5.41, 5.74) is 2.08. The number of fused-ring (bicyclic) bond motifs is 1. The van der Waals surface area contributed by atoms with Crippen LogP contribution in [0.1, 0.15) is 25.3 Å². The molecule has 0 spiro atoms. The smallest absolute Gasteiger partial charge is 0.266 e. The van der Waals surface area contributed by atoms with E-state index in [0.29, 0.717) is 27.5 Å². The predicted molar refractivity (Wildman–Crippen MR) is 120 cm³/mol. The first-order valence-electron chi connectivity index (χ1n) is 10.1. The molecule has 6 nitrogen and oxygen atoms in total. The highest BCUT2D eigenvalue weighted by molar-refractivity contribution is 8.00.